The van der Waals surface area contributed by atoms with Crippen LogP contribution in [0.3, 0.4) is 0 Å². The number of hydrogen-bond acceptors (Lipinski definition) is 4. The molecule has 0 bridgehead atoms. The highest BCUT2D eigenvalue weighted by atomic mass is 16.5. The summed E-state index contributed by atoms with van der Waals surface area (Å²) in [6.45, 7) is 2.08. The summed E-state index contributed by atoms with van der Waals surface area (Å²) in [6.07, 6.45) is 0.333. The van der Waals surface area contributed by atoms with E-state index in [0.717, 1.165) is 0 Å². The molecule has 12 heavy (non-hydrogen) atoms. The smallest absolute Gasteiger partial charge is 0.306 e. The van der Waals surface area contributed by atoms with Crippen molar-refractivity contribution in [3.63, 3.8) is 0 Å². The minimum absolute atomic E-state index is 0. The lowest BCUT2D eigenvalue weighted by Crippen LogP contribution is -2.15. The lowest BCUT2D eigenvalue weighted by atomic mass is 10.2. The number of ether oxygens (including phenoxy) is 1. The third-order valence-corrected chi connectivity index (χ3v) is 1.14. The van der Waals surface area contributed by atoms with E-state index >= 15 is 0 Å². The van der Waals surface area contributed by atoms with Gasteiger partial charge in [0.15, 0.2) is 0 Å². The molecule has 0 heterocycles. The Balaban J connectivity index is 0. The van der Waals surface area contributed by atoms with Gasteiger partial charge in [-0.25, -0.2) is 0 Å². The molecule has 72 valence electrons. The molecule has 0 aromatic heterocycles. The van der Waals surface area contributed by atoms with Crippen molar-refractivity contribution in [1.29, 1.82) is 0 Å². The third kappa shape index (κ3) is 7.17. The van der Waals surface area contributed by atoms with Crippen LogP contribution in [0.4, 0.5) is 0 Å². The molecule has 0 aliphatic rings. The van der Waals surface area contributed by atoms with E-state index in [9.17, 15) is 9.59 Å². The van der Waals surface area contributed by atoms with Crippen LogP contribution in [0, 0.1) is 0 Å². The van der Waals surface area contributed by atoms with Gasteiger partial charge in [-0.2, -0.15) is 0 Å². The van der Waals surface area contributed by atoms with Crippen molar-refractivity contribution in [2.75, 3.05) is 13.2 Å². The summed E-state index contributed by atoms with van der Waals surface area (Å²) in [7, 11) is 0. The van der Waals surface area contributed by atoms with Gasteiger partial charge in [-0.15, -0.1) is 0 Å². The summed E-state index contributed by atoms with van der Waals surface area (Å²) in [5.41, 5.74) is 5.03. The van der Waals surface area contributed by atoms with Gasteiger partial charge in [0.25, 0.3) is 0 Å². The van der Waals surface area contributed by atoms with Gasteiger partial charge >= 0.3 is 5.97 Å². The summed E-state index contributed by atoms with van der Waals surface area (Å²) in [6, 6.07) is 0. The zero-order valence-corrected chi connectivity index (χ0v) is 7.13. The highest BCUT2D eigenvalue weighted by molar-refractivity contribution is 5.84. The van der Waals surface area contributed by atoms with E-state index in [-0.39, 0.29) is 36.6 Å². The fraction of sp³-hybridized carbons (Fsp3) is 0.714. The predicted octanol–water partition coefficient (Wildman–Crippen LogP) is -0.967. The number of ketones is 1. The van der Waals surface area contributed by atoms with Crippen LogP contribution in [0.15, 0.2) is 0 Å². The number of carbonyl (C=O) groups is 2. The minimum Gasteiger partial charge on any atom is -0.466 e. The van der Waals surface area contributed by atoms with Gasteiger partial charge in [-0.05, 0) is 6.92 Å². The average Bonchev–Trinajstić information content (AvgIpc) is 2.01. The lowest BCUT2D eigenvalue weighted by molar-refractivity contribution is -0.144. The molecular formula is C7H15NO4. The van der Waals surface area contributed by atoms with Crippen LogP contribution < -0.4 is 5.73 Å². The molecule has 0 aromatic carbocycles. The molecule has 5 heteroatoms. The minimum atomic E-state index is -0.339. The molecule has 0 fully saturated rings. The quantitative estimate of drug-likeness (QED) is 0.546. The van der Waals surface area contributed by atoms with Gasteiger partial charge in [-0.1, -0.05) is 0 Å². The molecule has 0 unspecified atom stereocenters. The molecule has 0 amide bonds. The largest absolute Gasteiger partial charge is 0.466 e. The highest BCUT2D eigenvalue weighted by Gasteiger charge is 2.04. The number of carbonyl (C=O) groups excluding carboxylic acids is 2. The summed E-state index contributed by atoms with van der Waals surface area (Å²) in [5, 5.41) is 0. The number of esters is 1. The first-order valence-electron chi connectivity index (χ1n) is 3.58. The Morgan fingerprint density at radius 2 is 1.92 bits per heavy atom. The number of hydrogen-bond donors (Lipinski definition) is 1. The maximum absolute atomic E-state index is 10.6. The van der Waals surface area contributed by atoms with Gasteiger partial charge in [0.1, 0.15) is 5.78 Å². The van der Waals surface area contributed by atoms with E-state index in [1.165, 1.54) is 0 Å². The first-order chi connectivity index (χ1) is 5.20. The normalized spacial score (nSPS) is 8.50. The van der Waals surface area contributed by atoms with Gasteiger partial charge in [0, 0.05) is 6.42 Å². The molecule has 0 spiro atoms. The second-order valence-electron chi connectivity index (χ2n) is 2.05. The third-order valence-electron chi connectivity index (χ3n) is 1.14. The number of nitrogens with two attached hydrogens (primary N) is 1. The zero-order chi connectivity index (χ0) is 8.69. The molecule has 0 saturated heterocycles. The van der Waals surface area contributed by atoms with Crippen LogP contribution in [0.2, 0.25) is 0 Å². The van der Waals surface area contributed by atoms with Crippen LogP contribution in [-0.2, 0) is 14.3 Å². The van der Waals surface area contributed by atoms with Crippen LogP contribution in [0.25, 0.3) is 0 Å². The number of Topliss-reactive ketones (excluding diaryl/α,β-unsaturated/α-hetero) is 1. The van der Waals surface area contributed by atoms with Crippen molar-refractivity contribution in [3.05, 3.63) is 0 Å². The molecule has 0 aliphatic heterocycles. The van der Waals surface area contributed by atoms with Crippen molar-refractivity contribution in [1.82, 2.24) is 0 Å². The number of rotatable bonds is 5. The second-order valence-corrected chi connectivity index (χ2v) is 2.05. The van der Waals surface area contributed by atoms with Gasteiger partial charge < -0.3 is 15.9 Å². The Bertz CT molecular complexity index is 146. The van der Waals surface area contributed by atoms with Crippen LogP contribution in [0.1, 0.15) is 19.8 Å². The van der Waals surface area contributed by atoms with E-state index in [4.69, 9.17) is 5.73 Å². The Hall–Kier alpha value is -0.940. The summed E-state index contributed by atoms with van der Waals surface area (Å²) >= 11 is 0. The molecule has 0 aliphatic carbocycles. The second kappa shape index (κ2) is 8.16. The molecule has 0 aromatic rings. The Kier molecular flexibility index (Phi) is 9.27. The van der Waals surface area contributed by atoms with Crippen molar-refractivity contribution < 1.29 is 19.8 Å². The Morgan fingerprint density at radius 1 is 1.33 bits per heavy atom. The first-order valence-corrected chi connectivity index (χ1v) is 3.58. The Labute approximate surface area is 71.2 Å². The topological polar surface area (TPSA) is 101 Å². The van der Waals surface area contributed by atoms with E-state index in [1.807, 2.05) is 0 Å². The van der Waals surface area contributed by atoms with E-state index in [2.05, 4.69) is 4.74 Å². The standard InChI is InChI=1S/C7H13NO3.H2O/c1-2-11-7(10)4-3-6(9)5-8;/h2-5,8H2,1H3;1H2. The molecule has 5 nitrogen and oxygen atoms in total. The SMILES string of the molecule is CCOC(=O)CCC(=O)CN.O. The van der Waals surface area contributed by atoms with Crippen LogP contribution >= 0.6 is 0 Å². The van der Waals surface area contributed by atoms with E-state index < -0.39 is 0 Å². The monoisotopic (exact) mass is 177 g/mol. The fourth-order valence-electron chi connectivity index (χ4n) is 0.577. The molecule has 0 saturated carbocycles. The van der Waals surface area contributed by atoms with Crippen molar-refractivity contribution >= 4 is 11.8 Å². The van der Waals surface area contributed by atoms with Crippen LogP contribution in [0.5, 0.6) is 0 Å². The fourth-order valence-corrected chi connectivity index (χ4v) is 0.577. The predicted molar refractivity (Wildman–Crippen MR) is 43.5 cm³/mol. The summed E-state index contributed by atoms with van der Waals surface area (Å²) in [4.78, 5) is 21.2. The molecule has 0 atom stereocenters. The van der Waals surface area contributed by atoms with Gasteiger partial charge in [-0.3, -0.25) is 9.59 Å². The highest BCUT2D eigenvalue weighted by Crippen LogP contribution is 1.92. The van der Waals surface area contributed by atoms with Crippen molar-refractivity contribution in [2.45, 2.75) is 19.8 Å². The van der Waals surface area contributed by atoms with Crippen molar-refractivity contribution in [3.8, 4) is 0 Å². The molecule has 0 rings (SSSR count). The van der Waals surface area contributed by atoms with Crippen LogP contribution in [-0.4, -0.2) is 30.4 Å². The summed E-state index contributed by atoms with van der Waals surface area (Å²) in [5.74, 6) is -0.452. The van der Waals surface area contributed by atoms with Gasteiger partial charge in [0.2, 0.25) is 0 Å². The summed E-state index contributed by atoms with van der Waals surface area (Å²) < 4.78 is 4.60. The first kappa shape index (κ1) is 13.6. The molecule has 0 radical (unpaired) electrons. The van der Waals surface area contributed by atoms with Crippen molar-refractivity contribution in [2.24, 2.45) is 5.73 Å². The van der Waals surface area contributed by atoms with E-state index in [1.54, 1.807) is 6.92 Å². The Morgan fingerprint density at radius 3 is 2.33 bits per heavy atom. The molecule has 4 N–H and O–H groups in total. The van der Waals surface area contributed by atoms with E-state index in [0.29, 0.717) is 6.61 Å². The maximum atomic E-state index is 10.6. The maximum Gasteiger partial charge on any atom is 0.306 e. The van der Waals surface area contributed by atoms with Gasteiger partial charge in [0.05, 0.1) is 19.6 Å². The average molecular weight is 177 g/mol. The molecular weight excluding hydrogens is 162 g/mol. The zero-order valence-electron chi connectivity index (χ0n) is 7.13. The lowest BCUT2D eigenvalue weighted by Gasteiger charge is -1.99.